The molecule has 0 spiro atoms. The molecule has 0 unspecified atom stereocenters. The van der Waals surface area contributed by atoms with E-state index in [-0.39, 0.29) is 24.0 Å². The van der Waals surface area contributed by atoms with Gasteiger partial charge in [0.15, 0.2) is 5.96 Å². The van der Waals surface area contributed by atoms with Crippen LogP contribution in [-0.4, -0.2) is 37.6 Å². The van der Waals surface area contributed by atoms with Crippen LogP contribution in [-0.2, 0) is 6.54 Å². The Morgan fingerprint density at radius 3 is 2.54 bits per heavy atom. The molecule has 7 heteroatoms. The number of para-hydroxylation sites is 1. The molecule has 0 amide bonds. The van der Waals surface area contributed by atoms with Crippen molar-refractivity contribution in [3.05, 3.63) is 47.7 Å². The highest BCUT2D eigenvalue weighted by atomic mass is 127. The van der Waals surface area contributed by atoms with Crippen molar-refractivity contribution in [2.45, 2.75) is 33.7 Å². The van der Waals surface area contributed by atoms with Crippen molar-refractivity contribution < 1.29 is 4.42 Å². The molecule has 2 aromatic rings. The molecule has 26 heavy (non-hydrogen) atoms. The maximum absolute atomic E-state index is 5.57. The standard InChI is InChI=1S/C19H29N5O.HI/c1-5-20-19(22-14-18-23-15(2)16(3)25-18)21-12-9-13-24(4)17-10-7-6-8-11-17;/h6-8,10-11H,5,9,12-14H2,1-4H3,(H2,20,21,22);1H. The van der Waals surface area contributed by atoms with Crippen LogP contribution in [0.25, 0.3) is 0 Å². The van der Waals surface area contributed by atoms with Crippen LogP contribution in [0.1, 0.15) is 30.7 Å². The van der Waals surface area contributed by atoms with Crippen LogP contribution in [0.4, 0.5) is 5.69 Å². The molecule has 0 radical (unpaired) electrons. The van der Waals surface area contributed by atoms with E-state index in [0.29, 0.717) is 12.4 Å². The number of oxazole rings is 1. The third-order valence-corrected chi connectivity index (χ3v) is 3.95. The van der Waals surface area contributed by atoms with Gasteiger partial charge >= 0.3 is 0 Å². The minimum Gasteiger partial charge on any atom is -0.444 e. The molecule has 0 bridgehead atoms. The van der Waals surface area contributed by atoms with Crippen molar-refractivity contribution in [3.8, 4) is 0 Å². The topological polar surface area (TPSA) is 65.7 Å². The summed E-state index contributed by atoms with van der Waals surface area (Å²) < 4.78 is 5.57. The number of aromatic nitrogens is 1. The first-order valence-corrected chi connectivity index (χ1v) is 8.81. The second-order valence-corrected chi connectivity index (χ2v) is 5.98. The number of hydrogen-bond acceptors (Lipinski definition) is 4. The van der Waals surface area contributed by atoms with Gasteiger partial charge in [-0.05, 0) is 39.3 Å². The Bertz CT molecular complexity index is 652. The summed E-state index contributed by atoms with van der Waals surface area (Å²) in [6.07, 6.45) is 1.02. The van der Waals surface area contributed by atoms with E-state index in [9.17, 15) is 0 Å². The van der Waals surface area contributed by atoms with E-state index in [1.54, 1.807) is 0 Å². The van der Waals surface area contributed by atoms with Crippen LogP contribution in [0.3, 0.4) is 0 Å². The van der Waals surface area contributed by atoms with E-state index >= 15 is 0 Å². The highest BCUT2D eigenvalue weighted by Crippen LogP contribution is 2.11. The maximum atomic E-state index is 5.57. The lowest BCUT2D eigenvalue weighted by Crippen LogP contribution is -2.38. The van der Waals surface area contributed by atoms with Gasteiger partial charge in [0.2, 0.25) is 5.89 Å². The van der Waals surface area contributed by atoms with Crippen molar-refractivity contribution >= 4 is 35.6 Å². The Hall–Kier alpha value is -1.77. The summed E-state index contributed by atoms with van der Waals surface area (Å²) in [4.78, 5) is 11.2. The molecule has 1 heterocycles. The molecule has 2 N–H and O–H groups in total. The Balaban J connectivity index is 0.00000338. The molecular weight excluding hydrogens is 441 g/mol. The summed E-state index contributed by atoms with van der Waals surface area (Å²) in [6.45, 7) is 9.01. The number of nitrogens with zero attached hydrogens (tertiary/aromatic N) is 3. The van der Waals surface area contributed by atoms with Gasteiger partial charge in [0.1, 0.15) is 12.3 Å². The van der Waals surface area contributed by atoms with Crippen LogP contribution >= 0.6 is 24.0 Å². The highest BCUT2D eigenvalue weighted by Gasteiger charge is 2.05. The molecule has 0 saturated heterocycles. The lowest BCUT2D eigenvalue weighted by Gasteiger charge is -2.19. The first kappa shape index (κ1) is 22.3. The van der Waals surface area contributed by atoms with Gasteiger partial charge in [-0.2, -0.15) is 0 Å². The van der Waals surface area contributed by atoms with E-state index in [2.05, 4.69) is 63.7 Å². The Morgan fingerprint density at radius 2 is 1.92 bits per heavy atom. The summed E-state index contributed by atoms with van der Waals surface area (Å²) in [6, 6.07) is 10.4. The molecule has 0 aliphatic carbocycles. The highest BCUT2D eigenvalue weighted by molar-refractivity contribution is 14.0. The fourth-order valence-corrected chi connectivity index (χ4v) is 2.43. The molecule has 1 aromatic heterocycles. The average Bonchev–Trinajstić information content (AvgIpc) is 2.95. The fourth-order valence-electron chi connectivity index (χ4n) is 2.43. The zero-order chi connectivity index (χ0) is 18.1. The zero-order valence-corrected chi connectivity index (χ0v) is 18.4. The van der Waals surface area contributed by atoms with Gasteiger partial charge in [-0.3, -0.25) is 0 Å². The summed E-state index contributed by atoms with van der Waals surface area (Å²) in [7, 11) is 2.11. The molecule has 0 aliphatic heterocycles. The Labute approximate surface area is 173 Å². The van der Waals surface area contributed by atoms with Gasteiger partial charge < -0.3 is 20.0 Å². The molecule has 2 rings (SSSR count). The number of anilines is 1. The number of halogens is 1. The molecule has 0 saturated carbocycles. The molecule has 0 aliphatic rings. The quantitative estimate of drug-likeness (QED) is 0.267. The predicted molar refractivity (Wildman–Crippen MR) is 119 cm³/mol. The third-order valence-electron chi connectivity index (χ3n) is 3.95. The number of aliphatic imine (C=N–C) groups is 1. The number of guanidine groups is 1. The van der Waals surface area contributed by atoms with Gasteiger partial charge in [0, 0.05) is 32.4 Å². The fraction of sp³-hybridized carbons (Fsp3) is 0.474. The average molecular weight is 471 g/mol. The summed E-state index contributed by atoms with van der Waals surface area (Å²) in [5, 5.41) is 6.61. The normalized spacial score (nSPS) is 11.0. The molecule has 6 nitrogen and oxygen atoms in total. The van der Waals surface area contributed by atoms with E-state index in [0.717, 1.165) is 43.5 Å². The summed E-state index contributed by atoms with van der Waals surface area (Å²) in [5.41, 5.74) is 2.16. The Morgan fingerprint density at radius 1 is 1.19 bits per heavy atom. The first-order valence-electron chi connectivity index (χ1n) is 8.81. The van der Waals surface area contributed by atoms with Crippen LogP contribution < -0.4 is 15.5 Å². The van der Waals surface area contributed by atoms with Gasteiger partial charge in [-0.15, -0.1) is 24.0 Å². The minimum atomic E-state index is 0. The lowest BCUT2D eigenvalue weighted by atomic mass is 10.3. The van der Waals surface area contributed by atoms with Crippen molar-refractivity contribution in [1.29, 1.82) is 0 Å². The number of rotatable bonds is 8. The van der Waals surface area contributed by atoms with Gasteiger partial charge in [0.25, 0.3) is 0 Å². The predicted octanol–water partition coefficient (Wildman–Crippen LogP) is 3.49. The number of aryl methyl sites for hydroxylation is 2. The van der Waals surface area contributed by atoms with E-state index in [1.165, 1.54) is 5.69 Å². The summed E-state index contributed by atoms with van der Waals surface area (Å²) in [5.74, 6) is 2.29. The molecule has 0 fully saturated rings. The number of nitrogens with one attached hydrogen (secondary N) is 2. The smallest absolute Gasteiger partial charge is 0.216 e. The van der Waals surface area contributed by atoms with E-state index in [1.807, 2.05) is 19.9 Å². The largest absolute Gasteiger partial charge is 0.444 e. The first-order chi connectivity index (χ1) is 12.1. The molecule has 1 aromatic carbocycles. The van der Waals surface area contributed by atoms with E-state index < -0.39 is 0 Å². The van der Waals surface area contributed by atoms with Crippen molar-refractivity contribution in [2.75, 3.05) is 31.6 Å². The monoisotopic (exact) mass is 471 g/mol. The second-order valence-electron chi connectivity index (χ2n) is 5.98. The van der Waals surface area contributed by atoms with Crippen LogP contribution in [0.2, 0.25) is 0 Å². The minimum absolute atomic E-state index is 0. The van der Waals surface area contributed by atoms with Gasteiger partial charge in [-0.25, -0.2) is 9.98 Å². The van der Waals surface area contributed by atoms with Gasteiger partial charge in [-0.1, -0.05) is 18.2 Å². The Kier molecular flexibility index (Phi) is 10.1. The number of benzene rings is 1. The molecular formula is C19H30IN5O. The van der Waals surface area contributed by atoms with Crippen molar-refractivity contribution in [1.82, 2.24) is 15.6 Å². The van der Waals surface area contributed by atoms with Crippen LogP contribution in [0, 0.1) is 13.8 Å². The van der Waals surface area contributed by atoms with Crippen molar-refractivity contribution in [3.63, 3.8) is 0 Å². The zero-order valence-electron chi connectivity index (χ0n) is 16.1. The second kappa shape index (κ2) is 11.8. The lowest BCUT2D eigenvalue weighted by molar-refractivity contribution is 0.473. The molecule has 0 atom stereocenters. The van der Waals surface area contributed by atoms with E-state index in [4.69, 9.17) is 4.42 Å². The SMILES string of the molecule is CCNC(=NCc1nc(C)c(C)o1)NCCCN(C)c1ccccc1.I. The van der Waals surface area contributed by atoms with Crippen LogP contribution in [0.5, 0.6) is 0 Å². The maximum Gasteiger partial charge on any atom is 0.216 e. The van der Waals surface area contributed by atoms with Gasteiger partial charge in [0.05, 0.1) is 5.69 Å². The van der Waals surface area contributed by atoms with Crippen LogP contribution in [0.15, 0.2) is 39.7 Å². The summed E-state index contributed by atoms with van der Waals surface area (Å²) >= 11 is 0. The van der Waals surface area contributed by atoms with Crippen molar-refractivity contribution in [2.24, 2.45) is 4.99 Å². The third kappa shape index (κ3) is 7.23. The molecule has 144 valence electrons. The number of hydrogen-bond donors (Lipinski definition) is 2.